The average Bonchev–Trinajstić information content (AvgIpc) is 3.05. The molecule has 3 N–H and O–H groups in total. The third-order valence-electron chi connectivity index (χ3n) is 3.79. The van der Waals surface area contributed by atoms with Crippen LogP contribution < -0.4 is 16.2 Å². The minimum Gasteiger partial charge on any atom is -0.444 e. The fraction of sp³-hybridized carbons (Fsp3) is 0.300. The van der Waals surface area contributed by atoms with E-state index in [1.807, 2.05) is 13.0 Å². The monoisotopic (exact) mass is 424 g/mol. The summed E-state index contributed by atoms with van der Waals surface area (Å²) in [5, 5.41) is 6.67. The van der Waals surface area contributed by atoms with E-state index in [-0.39, 0.29) is 5.69 Å². The van der Waals surface area contributed by atoms with Crippen molar-refractivity contribution >= 4 is 23.6 Å². The quantitative estimate of drug-likeness (QED) is 0.532. The number of aromatic nitrogens is 5. The van der Waals surface area contributed by atoms with Crippen molar-refractivity contribution < 1.29 is 14.3 Å². The van der Waals surface area contributed by atoms with Crippen LogP contribution in [0.2, 0.25) is 0 Å². The number of amides is 2. The summed E-state index contributed by atoms with van der Waals surface area (Å²) in [6.45, 7) is 7.09. The molecule has 162 valence electrons. The lowest BCUT2D eigenvalue weighted by Gasteiger charge is -2.19. The van der Waals surface area contributed by atoms with Crippen molar-refractivity contribution in [2.24, 2.45) is 7.05 Å². The largest absolute Gasteiger partial charge is 0.444 e. The lowest BCUT2D eigenvalue weighted by Crippen LogP contribution is -2.30. The lowest BCUT2D eigenvalue weighted by atomic mass is 10.2. The number of rotatable bonds is 5. The average molecular weight is 424 g/mol. The molecule has 0 spiro atoms. The number of nitrogens with one attached hydrogen (secondary N) is 3. The van der Waals surface area contributed by atoms with Crippen molar-refractivity contribution in [3.63, 3.8) is 0 Å². The Morgan fingerprint density at radius 2 is 1.90 bits per heavy atom. The highest BCUT2D eigenvalue weighted by molar-refractivity contribution is 5.94. The molecule has 11 heteroatoms. The smallest absolute Gasteiger partial charge is 0.413 e. The fourth-order valence-corrected chi connectivity index (χ4v) is 2.53. The third-order valence-corrected chi connectivity index (χ3v) is 3.79. The highest BCUT2D eigenvalue weighted by atomic mass is 16.6. The number of anilines is 2. The van der Waals surface area contributed by atoms with Crippen LogP contribution in [-0.4, -0.2) is 42.3 Å². The van der Waals surface area contributed by atoms with Gasteiger partial charge in [0.15, 0.2) is 11.5 Å². The van der Waals surface area contributed by atoms with Crippen LogP contribution in [0.15, 0.2) is 36.5 Å². The highest BCUT2D eigenvalue weighted by Crippen LogP contribution is 2.16. The number of carbonyl (C=O) groups is 2. The van der Waals surface area contributed by atoms with Gasteiger partial charge in [0.25, 0.3) is 5.91 Å². The SMILES string of the molecule is Cc1cc(NNC(=O)c2cc(NC(=O)OC(C)(C)C)n(C)n2)nc(-c2ccccn2)n1. The summed E-state index contributed by atoms with van der Waals surface area (Å²) in [6, 6.07) is 8.56. The zero-order chi connectivity index (χ0) is 22.6. The number of carbonyl (C=O) groups excluding carboxylic acids is 2. The summed E-state index contributed by atoms with van der Waals surface area (Å²) in [6.07, 6.45) is 1.01. The summed E-state index contributed by atoms with van der Waals surface area (Å²) in [5.41, 5.74) is 6.06. The molecule has 0 saturated heterocycles. The molecule has 3 heterocycles. The van der Waals surface area contributed by atoms with Crippen molar-refractivity contribution in [1.29, 1.82) is 0 Å². The number of nitrogens with zero attached hydrogens (tertiary/aromatic N) is 5. The van der Waals surface area contributed by atoms with Gasteiger partial charge in [-0.2, -0.15) is 5.10 Å². The van der Waals surface area contributed by atoms with E-state index in [9.17, 15) is 9.59 Å². The minimum absolute atomic E-state index is 0.0942. The van der Waals surface area contributed by atoms with Crippen molar-refractivity contribution in [2.75, 3.05) is 10.7 Å². The van der Waals surface area contributed by atoms with Gasteiger partial charge in [0.2, 0.25) is 0 Å². The first kappa shape index (κ1) is 21.7. The van der Waals surface area contributed by atoms with E-state index in [0.717, 1.165) is 0 Å². The molecule has 2 amide bonds. The standard InChI is InChI=1S/C20H24N8O3/c1-12-10-15(23-17(22-12)13-8-6-7-9-21-13)25-26-18(29)14-11-16(28(5)27-14)24-19(30)31-20(2,3)4/h6-11H,1-5H3,(H,24,30)(H,26,29)(H,22,23,25). The molecule has 31 heavy (non-hydrogen) atoms. The Bertz CT molecular complexity index is 1090. The van der Waals surface area contributed by atoms with Crippen molar-refractivity contribution in [1.82, 2.24) is 30.2 Å². The normalized spacial score (nSPS) is 11.0. The van der Waals surface area contributed by atoms with E-state index >= 15 is 0 Å². The molecule has 0 aromatic carbocycles. The molecule has 0 radical (unpaired) electrons. The predicted octanol–water partition coefficient (Wildman–Crippen LogP) is 2.68. The molecule has 0 bridgehead atoms. The highest BCUT2D eigenvalue weighted by Gasteiger charge is 2.19. The Kier molecular flexibility index (Phi) is 6.14. The van der Waals surface area contributed by atoms with Crippen molar-refractivity contribution in [2.45, 2.75) is 33.3 Å². The first-order chi connectivity index (χ1) is 14.6. The molecular weight excluding hydrogens is 400 g/mol. The van der Waals surface area contributed by atoms with E-state index < -0.39 is 17.6 Å². The second kappa shape index (κ2) is 8.78. The maximum absolute atomic E-state index is 12.5. The van der Waals surface area contributed by atoms with E-state index in [2.05, 4.69) is 36.2 Å². The number of pyridine rings is 1. The number of hydrazine groups is 1. The van der Waals surface area contributed by atoms with Gasteiger partial charge in [-0.15, -0.1) is 0 Å². The predicted molar refractivity (Wildman–Crippen MR) is 114 cm³/mol. The third kappa shape index (κ3) is 5.98. The number of aryl methyl sites for hydroxylation is 2. The van der Waals surface area contributed by atoms with Gasteiger partial charge in [-0.25, -0.2) is 14.8 Å². The summed E-state index contributed by atoms with van der Waals surface area (Å²) in [5.74, 6) is 0.627. The number of hydrogen-bond donors (Lipinski definition) is 3. The van der Waals surface area contributed by atoms with E-state index in [1.165, 1.54) is 10.7 Å². The van der Waals surface area contributed by atoms with E-state index in [1.54, 1.807) is 52.2 Å². The van der Waals surface area contributed by atoms with Crippen molar-refractivity contribution in [3.8, 4) is 11.5 Å². The molecule has 0 aliphatic carbocycles. The van der Waals surface area contributed by atoms with Gasteiger partial charge in [-0.1, -0.05) is 6.07 Å². The second-order valence-corrected chi connectivity index (χ2v) is 7.68. The van der Waals surface area contributed by atoms with Crippen LogP contribution in [-0.2, 0) is 11.8 Å². The molecule has 3 aromatic rings. The maximum Gasteiger partial charge on any atom is 0.413 e. The van der Waals surface area contributed by atoms with E-state index in [4.69, 9.17) is 4.74 Å². The minimum atomic E-state index is -0.642. The molecular formula is C20H24N8O3. The van der Waals surface area contributed by atoms with Crippen LogP contribution in [0.3, 0.4) is 0 Å². The lowest BCUT2D eigenvalue weighted by molar-refractivity contribution is 0.0634. The van der Waals surface area contributed by atoms with Crippen LogP contribution in [0.5, 0.6) is 0 Å². The molecule has 0 fully saturated rings. The topological polar surface area (TPSA) is 136 Å². The van der Waals surface area contributed by atoms with Gasteiger partial charge < -0.3 is 4.74 Å². The Morgan fingerprint density at radius 3 is 2.58 bits per heavy atom. The van der Waals surface area contributed by atoms with Gasteiger partial charge in [0.05, 0.1) is 0 Å². The molecule has 0 atom stereocenters. The fourth-order valence-electron chi connectivity index (χ4n) is 2.53. The zero-order valence-electron chi connectivity index (χ0n) is 17.9. The molecule has 3 rings (SSSR count). The Hall–Kier alpha value is -4.02. The Labute approximate surface area is 179 Å². The molecule has 0 saturated carbocycles. The molecule has 0 aliphatic heterocycles. The molecule has 3 aromatic heterocycles. The van der Waals surface area contributed by atoms with Crippen LogP contribution in [0.1, 0.15) is 37.0 Å². The summed E-state index contributed by atoms with van der Waals surface area (Å²) < 4.78 is 6.58. The van der Waals surface area contributed by atoms with Crippen LogP contribution in [0, 0.1) is 6.92 Å². The maximum atomic E-state index is 12.5. The van der Waals surface area contributed by atoms with Crippen LogP contribution >= 0.6 is 0 Å². The van der Waals surface area contributed by atoms with Crippen molar-refractivity contribution in [3.05, 3.63) is 47.9 Å². The Balaban J connectivity index is 1.66. The second-order valence-electron chi connectivity index (χ2n) is 7.68. The van der Waals surface area contributed by atoms with Gasteiger partial charge in [-0.05, 0) is 39.8 Å². The summed E-state index contributed by atoms with van der Waals surface area (Å²) in [4.78, 5) is 37.4. The molecule has 0 unspecified atom stereocenters. The van der Waals surface area contributed by atoms with Gasteiger partial charge in [-0.3, -0.25) is 30.6 Å². The molecule has 0 aliphatic rings. The number of ether oxygens (including phenoxy) is 1. The summed E-state index contributed by atoms with van der Waals surface area (Å²) in [7, 11) is 1.60. The Morgan fingerprint density at radius 1 is 1.13 bits per heavy atom. The van der Waals surface area contributed by atoms with Gasteiger partial charge in [0.1, 0.15) is 22.9 Å². The summed E-state index contributed by atoms with van der Waals surface area (Å²) >= 11 is 0. The molecule has 11 nitrogen and oxygen atoms in total. The zero-order valence-corrected chi connectivity index (χ0v) is 17.9. The first-order valence-electron chi connectivity index (χ1n) is 9.48. The van der Waals surface area contributed by atoms with Gasteiger partial charge in [0, 0.05) is 31.1 Å². The van der Waals surface area contributed by atoms with Gasteiger partial charge >= 0.3 is 6.09 Å². The van der Waals surface area contributed by atoms with Crippen LogP contribution in [0.4, 0.5) is 16.4 Å². The van der Waals surface area contributed by atoms with Crippen LogP contribution in [0.25, 0.3) is 11.5 Å². The number of hydrogen-bond acceptors (Lipinski definition) is 8. The first-order valence-corrected chi connectivity index (χ1v) is 9.48. The van der Waals surface area contributed by atoms with E-state index in [0.29, 0.717) is 28.8 Å².